The Morgan fingerprint density at radius 1 is 1.10 bits per heavy atom. The van der Waals surface area contributed by atoms with Gasteiger partial charge in [0.15, 0.2) is 0 Å². The van der Waals surface area contributed by atoms with E-state index in [4.69, 9.17) is 0 Å². The maximum Gasteiger partial charge on any atom is 0.0309 e. The second-order valence-corrected chi connectivity index (χ2v) is 7.85. The van der Waals surface area contributed by atoms with E-state index in [1.807, 2.05) is 0 Å². The second-order valence-electron chi connectivity index (χ2n) is 7.85. The summed E-state index contributed by atoms with van der Waals surface area (Å²) in [6, 6.07) is 1.63. The van der Waals surface area contributed by atoms with Crippen molar-refractivity contribution in [1.82, 2.24) is 10.2 Å². The highest BCUT2D eigenvalue weighted by molar-refractivity contribution is 5.02. The standard InChI is InChI=1S/C18H34N2/c1-3-6-16-7-9-17(10-8-16)20-14-18(11-4-5-12-18)19-13-15(20)2/h15-17,19H,3-14H2,1-2H3. The van der Waals surface area contributed by atoms with E-state index in [0.717, 1.165) is 18.0 Å². The Kier molecular flexibility index (Phi) is 4.72. The Balaban J connectivity index is 1.58. The zero-order chi connectivity index (χ0) is 14.0. The summed E-state index contributed by atoms with van der Waals surface area (Å²) in [6.07, 6.45) is 14.5. The molecule has 20 heavy (non-hydrogen) atoms. The van der Waals surface area contributed by atoms with Crippen molar-refractivity contribution in [2.24, 2.45) is 5.92 Å². The molecule has 1 spiro atoms. The number of nitrogens with zero attached hydrogens (tertiary/aromatic N) is 1. The largest absolute Gasteiger partial charge is 0.308 e. The maximum atomic E-state index is 3.90. The first-order valence-corrected chi connectivity index (χ1v) is 9.23. The van der Waals surface area contributed by atoms with Crippen molar-refractivity contribution in [2.75, 3.05) is 13.1 Å². The van der Waals surface area contributed by atoms with E-state index >= 15 is 0 Å². The molecule has 1 heterocycles. The van der Waals surface area contributed by atoms with Gasteiger partial charge in [-0.1, -0.05) is 32.6 Å². The van der Waals surface area contributed by atoms with Crippen LogP contribution in [0.15, 0.2) is 0 Å². The third-order valence-electron chi connectivity index (χ3n) is 6.37. The molecule has 0 aromatic carbocycles. The van der Waals surface area contributed by atoms with Crippen molar-refractivity contribution in [1.29, 1.82) is 0 Å². The number of hydrogen-bond acceptors (Lipinski definition) is 2. The summed E-state index contributed by atoms with van der Waals surface area (Å²) < 4.78 is 0. The van der Waals surface area contributed by atoms with Gasteiger partial charge in [0.1, 0.15) is 0 Å². The molecule has 3 aliphatic rings. The van der Waals surface area contributed by atoms with Gasteiger partial charge in [-0.25, -0.2) is 0 Å². The van der Waals surface area contributed by atoms with Gasteiger partial charge in [-0.05, 0) is 51.4 Å². The van der Waals surface area contributed by atoms with Crippen LogP contribution in [-0.4, -0.2) is 35.6 Å². The van der Waals surface area contributed by atoms with Crippen LogP contribution >= 0.6 is 0 Å². The zero-order valence-electron chi connectivity index (χ0n) is 13.7. The molecule has 3 fully saturated rings. The number of rotatable bonds is 3. The molecule has 1 saturated heterocycles. The Morgan fingerprint density at radius 3 is 2.45 bits per heavy atom. The molecule has 3 rings (SSSR count). The molecule has 1 N–H and O–H groups in total. The maximum absolute atomic E-state index is 3.90. The molecule has 1 atom stereocenters. The minimum Gasteiger partial charge on any atom is -0.308 e. The van der Waals surface area contributed by atoms with Gasteiger partial charge in [0.2, 0.25) is 0 Å². The summed E-state index contributed by atoms with van der Waals surface area (Å²) in [5.41, 5.74) is 0.493. The summed E-state index contributed by atoms with van der Waals surface area (Å²) in [4.78, 5) is 2.89. The van der Waals surface area contributed by atoms with E-state index in [1.54, 1.807) is 0 Å². The first-order chi connectivity index (χ1) is 9.72. The molecule has 2 heteroatoms. The van der Waals surface area contributed by atoms with Crippen LogP contribution in [-0.2, 0) is 0 Å². The highest BCUT2D eigenvalue weighted by Gasteiger charge is 2.42. The van der Waals surface area contributed by atoms with Gasteiger partial charge in [-0.2, -0.15) is 0 Å². The van der Waals surface area contributed by atoms with E-state index in [2.05, 4.69) is 24.1 Å². The highest BCUT2D eigenvalue weighted by Crippen LogP contribution is 2.37. The molecule has 1 unspecified atom stereocenters. The lowest BCUT2D eigenvalue weighted by Gasteiger charge is -2.50. The molecule has 0 aromatic heterocycles. The fourth-order valence-corrected chi connectivity index (χ4v) is 5.09. The summed E-state index contributed by atoms with van der Waals surface area (Å²) in [5, 5.41) is 3.90. The van der Waals surface area contributed by atoms with Gasteiger partial charge in [-0.15, -0.1) is 0 Å². The van der Waals surface area contributed by atoms with Gasteiger partial charge in [-0.3, -0.25) is 4.90 Å². The normalized spacial score (nSPS) is 38.4. The molecule has 0 radical (unpaired) electrons. The van der Waals surface area contributed by atoms with Crippen molar-refractivity contribution < 1.29 is 0 Å². The first-order valence-electron chi connectivity index (χ1n) is 9.23. The number of piperazine rings is 1. The van der Waals surface area contributed by atoms with Gasteiger partial charge in [0.25, 0.3) is 0 Å². The second kappa shape index (κ2) is 6.36. The van der Waals surface area contributed by atoms with Crippen LogP contribution in [0.3, 0.4) is 0 Å². The van der Waals surface area contributed by atoms with Crippen molar-refractivity contribution in [3.8, 4) is 0 Å². The van der Waals surface area contributed by atoms with Crippen molar-refractivity contribution in [2.45, 2.75) is 95.7 Å². The molecule has 1 aliphatic heterocycles. The van der Waals surface area contributed by atoms with Crippen molar-refractivity contribution >= 4 is 0 Å². The smallest absolute Gasteiger partial charge is 0.0309 e. The summed E-state index contributed by atoms with van der Waals surface area (Å²) in [6.45, 7) is 7.33. The molecular formula is C18H34N2. The van der Waals surface area contributed by atoms with Crippen LogP contribution in [0.25, 0.3) is 0 Å². The minimum absolute atomic E-state index is 0.493. The predicted molar refractivity (Wildman–Crippen MR) is 86.0 cm³/mol. The van der Waals surface area contributed by atoms with Gasteiger partial charge in [0.05, 0.1) is 0 Å². The van der Waals surface area contributed by atoms with E-state index in [1.165, 1.54) is 77.3 Å². The van der Waals surface area contributed by atoms with Crippen molar-refractivity contribution in [3.05, 3.63) is 0 Å². The molecule has 2 nitrogen and oxygen atoms in total. The fraction of sp³-hybridized carbons (Fsp3) is 1.00. The lowest BCUT2D eigenvalue weighted by atomic mass is 9.81. The Bertz CT molecular complexity index is 301. The molecule has 2 saturated carbocycles. The van der Waals surface area contributed by atoms with Crippen LogP contribution < -0.4 is 5.32 Å². The monoisotopic (exact) mass is 278 g/mol. The van der Waals surface area contributed by atoms with E-state index in [9.17, 15) is 0 Å². The van der Waals surface area contributed by atoms with Crippen LogP contribution in [0.5, 0.6) is 0 Å². The van der Waals surface area contributed by atoms with Gasteiger partial charge >= 0.3 is 0 Å². The topological polar surface area (TPSA) is 15.3 Å². The Hall–Kier alpha value is -0.0800. The van der Waals surface area contributed by atoms with Crippen LogP contribution in [0.2, 0.25) is 0 Å². The van der Waals surface area contributed by atoms with Crippen LogP contribution in [0, 0.1) is 5.92 Å². The number of hydrogen-bond donors (Lipinski definition) is 1. The molecule has 116 valence electrons. The van der Waals surface area contributed by atoms with E-state index < -0.39 is 0 Å². The van der Waals surface area contributed by atoms with Gasteiger partial charge in [0, 0.05) is 30.7 Å². The van der Waals surface area contributed by atoms with E-state index in [-0.39, 0.29) is 0 Å². The minimum atomic E-state index is 0.493. The number of nitrogens with one attached hydrogen (secondary N) is 1. The van der Waals surface area contributed by atoms with Crippen molar-refractivity contribution in [3.63, 3.8) is 0 Å². The fourth-order valence-electron chi connectivity index (χ4n) is 5.09. The van der Waals surface area contributed by atoms with Gasteiger partial charge < -0.3 is 5.32 Å². The summed E-state index contributed by atoms with van der Waals surface area (Å²) in [7, 11) is 0. The van der Waals surface area contributed by atoms with E-state index in [0.29, 0.717) is 5.54 Å². The summed E-state index contributed by atoms with van der Waals surface area (Å²) >= 11 is 0. The third-order valence-corrected chi connectivity index (χ3v) is 6.37. The highest BCUT2D eigenvalue weighted by atomic mass is 15.3. The Labute approximate surface area is 125 Å². The summed E-state index contributed by atoms with van der Waals surface area (Å²) in [5.74, 6) is 1.04. The molecule has 0 aromatic rings. The lowest BCUT2D eigenvalue weighted by molar-refractivity contribution is 0.0285. The lowest BCUT2D eigenvalue weighted by Crippen LogP contribution is -2.64. The Morgan fingerprint density at radius 2 is 1.80 bits per heavy atom. The predicted octanol–water partition coefficient (Wildman–Crippen LogP) is 3.95. The molecule has 0 amide bonds. The molecular weight excluding hydrogens is 244 g/mol. The quantitative estimate of drug-likeness (QED) is 0.841. The molecule has 0 bridgehead atoms. The third kappa shape index (κ3) is 3.06. The molecule has 2 aliphatic carbocycles. The average Bonchev–Trinajstić information content (AvgIpc) is 2.92. The average molecular weight is 278 g/mol. The van der Waals surface area contributed by atoms with Crippen LogP contribution in [0.4, 0.5) is 0 Å². The SMILES string of the molecule is CCCC1CCC(N2CC3(CCCC3)NCC2C)CC1. The van der Waals surface area contributed by atoms with Crippen LogP contribution in [0.1, 0.15) is 78.1 Å². The zero-order valence-corrected chi connectivity index (χ0v) is 13.7. The first kappa shape index (κ1) is 14.8.